The first-order valence-corrected chi connectivity index (χ1v) is 4.66. The van der Waals surface area contributed by atoms with Gasteiger partial charge in [0.25, 0.3) is 0 Å². The summed E-state index contributed by atoms with van der Waals surface area (Å²) in [6.45, 7) is 3.89. The maximum Gasteiger partial charge on any atom is 0.165 e. The highest BCUT2D eigenvalue weighted by Gasteiger charge is 2.10. The van der Waals surface area contributed by atoms with E-state index >= 15 is 0 Å². The predicted octanol–water partition coefficient (Wildman–Crippen LogP) is 2.22. The molecule has 0 saturated heterocycles. The fourth-order valence-electron chi connectivity index (χ4n) is 0.929. The average molecular weight is 198 g/mol. The highest BCUT2D eigenvalue weighted by atomic mass is 19.1. The van der Waals surface area contributed by atoms with Crippen molar-refractivity contribution < 1.29 is 14.2 Å². The lowest BCUT2D eigenvalue weighted by Gasteiger charge is -2.15. The molecule has 14 heavy (non-hydrogen) atoms. The smallest absolute Gasteiger partial charge is 0.165 e. The Morgan fingerprint density at radius 2 is 2.00 bits per heavy atom. The Hall–Kier alpha value is -1.09. The van der Waals surface area contributed by atoms with Crippen LogP contribution in [-0.4, -0.2) is 17.8 Å². The normalized spacial score (nSPS) is 12.9. The molecule has 0 spiro atoms. The van der Waals surface area contributed by atoms with Gasteiger partial charge in [-0.3, -0.25) is 0 Å². The van der Waals surface area contributed by atoms with Gasteiger partial charge in [0.15, 0.2) is 11.6 Å². The second-order valence-corrected chi connectivity index (χ2v) is 3.55. The van der Waals surface area contributed by atoms with Crippen molar-refractivity contribution in [2.24, 2.45) is 5.92 Å². The van der Waals surface area contributed by atoms with Gasteiger partial charge in [0.05, 0.1) is 6.10 Å². The maximum atomic E-state index is 13.0. The van der Waals surface area contributed by atoms with Gasteiger partial charge in [0, 0.05) is 0 Å². The molecule has 78 valence electrons. The van der Waals surface area contributed by atoms with E-state index in [1.807, 2.05) is 13.8 Å². The number of benzene rings is 1. The summed E-state index contributed by atoms with van der Waals surface area (Å²) in [6.07, 6.45) is -0.561. The predicted molar refractivity (Wildman–Crippen MR) is 52.7 cm³/mol. The minimum atomic E-state index is -0.561. The van der Waals surface area contributed by atoms with Crippen molar-refractivity contribution in [2.45, 2.75) is 20.0 Å². The number of aliphatic hydroxyl groups is 1. The Balaban J connectivity index is 2.50. The minimum Gasteiger partial charge on any atom is -0.488 e. The third-order valence-electron chi connectivity index (χ3n) is 2.02. The number of para-hydroxylation sites is 1. The summed E-state index contributed by atoms with van der Waals surface area (Å²) in [5.41, 5.74) is 0. The van der Waals surface area contributed by atoms with E-state index in [0.717, 1.165) is 0 Å². The standard InChI is InChI=1S/C11H15FO2/c1-8(2)10(13)7-14-11-6-4-3-5-9(11)12/h3-6,8,10,13H,7H2,1-2H3. The first-order valence-electron chi connectivity index (χ1n) is 4.66. The number of aliphatic hydroxyl groups excluding tert-OH is 1. The van der Waals surface area contributed by atoms with Gasteiger partial charge in [-0.1, -0.05) is 26.0 Å². The molecule has 1 aromatic carbocycles. The molecule has 0 aromatic heterocycles. The van der Waals surface area contributed by atoms with Crippen LogP contribution in [0.4, 0.5) is 4.39 Å². The van der Waals surface area contributed by atoms with Crippen LogP contribution in [0.25, 0.3) is 0 Å². The molecule has 1 rings (SSSR count). The van der Waals surface area contributed by atoms with Gasteiger partial charge in [0.1, 0.15) is 6.61 Å². The van der Waals surface area contributed by atoms with E-state index in [0.29, 0.717) is 0 Å². The number of ether oxygens (including phenoxy) is 1. The molecule has 0 amide bonds. The van der Waals surface area contributed by atoms with Crippen LogP contribution in [0.2, 0.25) is 0 Å². The first-order chi connectivity index (χ1) is 6.61. The summed E-state index contributed by atoms with van der Waals surface area (Å²) in [4.78, 5) is 0. The van der Waals surface area contributed by atoms with Crippen molar-refractivity contribution in [2.75, 3.05) is 6.61 Å². The molecule has 1 atom stereocenters. The zero-order valence-electron chi connectivity index (χ0n) is 8.40. The summed E-state index contributed by atoms with van der Waals surface area (Å²) in [7, 11) is 0. The van der Waals surface area contributed by atoms with Gasteiger partial charge in [-0.05, 0) is 18.1 Å². The van der Waals surface area contributed by atoms with Gasteiger partial charge in [-0.15, -0.1) is 0 Å². The molecule has 0 radical (unpaired) electrons. The Kier molecular flexibility index (Phi) is 3.89. The molecule has 0 aliphatic rings. The van der Waals surface area contributed by atoms with Crippen LogP contribution in [0.1, 0.15) is 13.8 Å². The van der Waals surface area contributed by atoms with E-state index in [1.165, 1.54) is 6.07 Å². The van der Waals surface area contributed by atoms with E-state index in [2.05, 4.69) is 0 Å². The van der Waals surface area contributed by atoms with Crippen molar-refractivity contribution in [3.63, 3.8) is 0 Å². The van der Waals surface area contributed by atoms with Crippen LogP contribution < -0.4 is 4.74 Å². The van der Waals surface area contributed by atoms with E-state index in [1.54, 1.807) is 18.2 Å². The van der Waals surface area contributed by atoms with Crippen molar-refractivity contribution in [3.8, 4) is 5.75 Å². The third kappa shape index (κ3) is 3.00. The van der Waals surface area contributed by atoms with Gasteiger partial charge >= 0.3 is 0 Å². The van der Waals surface area contributed by atoms with Crippen LogP contribution in [-0.2, 0) is 0 Å². The molecule has 1 N–H and O–H groups in total. The van der Waals surface area contributed by atoms with Crippen LogP contribution in [0, 0.1) is 11.7 Å². The SMILES string of the molecule is CC(C)C(O)COc1ccccc1F. The second-order valence-electron chi connectivity index (χ2n) is 3.55. The van der Waals surface area contributed by atoms with Gasteiger partial charge in [-0.2, -0.15) is 0 Å². The van der Waals surface area contributed by atoms with Gasteiger partial charge in [-0.25, -0.2) is 4.39 Å². The number of hydrogen-bond donors (Lipinski definition) is 1. The number of hydrogen-bond acceptors (Lipinski definition) is 2. The topological polar surface area (TPSA) is 29.5 Å². The Labute approximate surface area is 83.3 Å². The highest BCUT2D eigenvalue weighted by Crippen LogP contribution is 2.16. The molecule has 1 aromatic rings. The van der Waals surface area contributed by atoms with E-state index in [9.17, 15) is 9.50 Å². The van der Waals surface area contributed by atoms with Crippen LogP contribution in [0.3, 0.4) is 0 Å². The zero-order chi connectivity index (χ0) is 10.6. The zero-order valence-corrected chi connectivity index (χ0v) is 8.40. The molecular weight excluding hydrogens is 183 g/mol. The van der Waals surface area contributed by atoms with Crippen LogP contribution in [0.15, 0.2) is 24.3 Å². The summed E-state index contributed by atoms with van der Waals surface area (Å²) < 4.78 is 18.2. The quantitative estimate of drug-likeness (QED) is 0.803. The molecule has 0 saturated carbocycles. The molecule has 0 bridgehead atoms. The Morgan fingerprint density at radius 3 is 2.57 bits per heavy atom. The first kappa shape index (κ1) is 11.0. The van der Waals surface area contributed by atoms with Crippen molar-refractivity contribution in [3.05, 3.63) is 30.1 Å². The second kappa shape index (κ2) is 4.96. The molecule has 0 aliphatic heterocycles. The average Bonchev–Trinajstić information content (AvgIpc) is 2.16. The van der Waals surface area contributed by atoms with Crippen molar-refractivity contribution in [1.82, 2.24) is 0 Å². The molecule has 3 heteroatoms. The largest absolute Gasteiger partial charge is 0.488 e. The van der Waals surface area contributed by atoms with Crippen LogP contribution >= 0.6 is 0 Å². The lowest BCUT2D eigenvalue weighted by molar-refractivity contribution is 0.0685. The lowest BCUT2D eigenvalue weighted by atomic mass is 10.1. The van der Waals surface area contributed by atoms with E-state index < -0.39 is 11.9 Å². The summed E-state index contributed by atoms with van der Waals surface area (Å²) >= 11 is 0. The third-order valence-corrected chi connectivity index (χ3v) is 2.02. The molecule has 1 unspecified atom stereocenters. The van der Waals surface area contributed by atoms with Gasteiger partial charge < -0.3 is 9.84 Å². The summed E-state index contributed by atoms with van der Waals surface area (Å²) in [6, 6.07) is 6.17. The van der Waals surface area contributed by atoms with Gasteiger partial charge in [0.2, 0.25) is 0 Å². The molecule has 0 heterocycles. The van der Waals surface area contributed by atoms with E-state index in [-0.39, 0.29) is 18.3 Å². The van der Waals surface area contributed by atoms with Crippen molar-refractivity contribution in [1.29, 1.82) is 0 Å². The minimum absolute atomic E-state index is 0.113. The summed E-state index contributed by atoms with van der Waals surface area (Å²) in [5.74, 6) is -0.0996. The monoisotopic (exact) mass is 198 g/mol. The maximum absolute atomic E-state index is 13.0. The number of rotatable bonds is 4. The Morgan fingerprint density at radius 1 is 1.36 bits per heavy atom. The fourth-order valence-corrected chi connectivity index (χ4v) is 0.929. The van der Waals surface area contributed by atoms with Crippen molar-refractivity contribution >= 4 is 0 Å². The lowest BCUT2D eigenvalue weighted by Crippen LogP contribution is -2.23. The van der Waals surface area contributed by atoms with Crippen LogP contribution in [0.5, 0.6) is 5.75 Å². The number of halogens is 1. The fraction of sp³-hybridized carbons (Fsp3) is 0.455. The Bertz CT molecular complexity index is 286. The molecule has 0 fully saturated rings. The molecular formula is C11H15FO2. The highest BCUT2D eigenvalue weighted by molar-refractivity contribution is 5.23. The molecule has 0 aliphatic carbocycles. The molecule has 2 nitrogen and oxygen atoms in total. The summed E-state index contributed by atoms with van der Waals surface area (Å²) in [5, 5.41) is 9.43. The van der Waals surface area contributed by atoms with E-state index in [4.69, 9.17) is 4.74 Å².